The largest absolute Gasteiger partial charge is 0.367 e. The lowest BCUT2D eigenvalue weighted by atomic mass is 10.1. The second kappa shape index (κ2) is 6.87. The van der Waals surface area contributed by atoms with Crippen molar-refractivity contribution in [1.29, 1.82) is 0 Å². The minimum Gasteiger partial charge on any atom is -0.367 e. The van der Waals surface area contributed by atoms with Gasteiger partial charge in [-0.25, -0.2) is 0 Å². The molecule has 104 valence electrons. The summed E-state index contributed by atoms with van der Waals surface area (Å²) in [6, 6.07) is 19.3. The van der Waals surface area contributed by atoms with Gasteiger partial charge in [0.15, 0.2) is 6.10 Å². The SMILES string of the molecule is CO[C@@H](C(=O)N[C@H](C)c1ccccc1)c1ccccc1. The van der Waals surface area contributed by atoms with Crippen LogP contribution in [0, 0.1) is 0 Å². The lowest BCUT2D eigenvalue weighted by Gasteiger charge is -2.19. The highest BCUT2D eigenvalue weighted by Crippen LogP contribution is 2.19. The van der Waals surface area contributed by atoms with Crippen molar-refractivity contribution in [3.8, 4) is 0 Å². The van der Waals surface area contributed by atoms with Gasteiger partial charge in [-0.05, 0) is 18.1 Å². The van der Waals surface area contributed by atoms with Gasteiger partial charge in [-0.2, -0.15) is 0 Å². The molecular formula is C17H19NO2. The van der Waals surface area contributed by atoms with Crippen LogP contribution in [0.25, 0.3) is 0 Å². The summed E-state index contributed by atoms with van der Waals surface area (Å²) in [6.07, 6.45) is -0.581. The molecule has 0 heterocycles. The lowest BCUT2D eigenvalue weighted by Crippen LogP contribution is -2.32. The summed E-state index contributed by atoms with van der Waals surface area (Å²) in [7, 11) is 1.55. The van der Waals surface area contributed by atoms with Crippen molar-refractivity contribution < 1.29 is 9.53 Å². The smallest absolute Gasteiger partial charge is 0.254 e. The number of amides is 1. The third-order valence-electron chi connectivity index (χ3n) is 3.23. The van der Waals surface area contributed by atoms with Crippen LogP contribution in [-0.4, -0.2) is 13.0 Å². The zero-order valence-electron chi connectivity index (χ0n) is 11.7. The van der Waals surface area contributed by atoms with Crippen LogP contribution < -0.4 is 5.32 Å². The second-order valence-corrected chi connectivity index (χ2v) is 4.67. The Morgan fingerprint density at radius 3 is 1.95 bits per heavy atom. The average molecular weight is 269 g/mol. The van der Waals surface area contributed by atoms with E-state index in [1.807, 2.05) is 67.6 Å². The molecule has 0 saturated carbocycles. The molecule has 0 radical (unpaired) electrons. The van der Waals surface area contributed by atoms with E-state index in [1.165, 1.54) is 0 Å². The topological polar surface area (TPSA) is 38.3 Å². The Labute approximate surface area is 119 Å². The van der Waals surface area contributed by atoms with Gasteiger partial charge >= 0.3 is 0 Å². The van der Waals surface area contributed by atoms with Gasteiger partial charge in [0, 0.05) is 7.11 Å². The third kappa shape index (κ3) is 3.45. The molecule has 2 rings (SSSR count). The summed E-state index contributed by atoms with van der Waals surface area (Å²) in [6.45, 7) is 1.96. The van der Waals surface area contributed by atoms with Gasteiger partial charge in [0.05, 0.1) is 6.04 Å². The molecule has 0 aliphatic carbocycles. The quantitative estimate of drug-likeness (QED) is 0.904. The number of nitrogens with one attached hydrogen (secondary N) is 1. The Balaban J connectivity index is 2.07. The maximum atomic E-state index is 12.3. The van der Waals surface area contributed by atoms with Crippen LogP contribution >= 0.6 is 0 Å². The van der Waals surface area contributed by atoms with Gasteiger partial charge in [-0.3, -0.25) is 4.79 Å². The number of ether oxygens (including phenoxy) is 1. The summed E-state index contributed by atoms with van der Waals surface area (Å²) in [5, 5.41) is 2.98. The van der Waals surface area contributed by atoms with E-state index in [0.29, 0.717) is 0 Å². The summed E-state index contributed by atoms with van der Waals surface area (Å²) in [5.41, 5.74) is 1.93. The van der Waals surface area contributed by atoms with Gasteiger partial charge in [0.1, 0.15) is 0 Å². The fourth-order valence-corrected chi connectivity index (χ4v) is 2.14. The molecule has 3 nitrogen and oxygen atoms in total. The van der Waals surface area contributed by atoms with Gasteiger partial charge in [-0.1, -0.05) is 60.7 Å². The first-order valence-corrected chi connectivity index (χ1v) is 6.65. The number of carbonyl (C=O) groups is 1. The van der Waals surface area contributed by atoms with Gasteiger partial charge in [-0.15, -0.1) is 0 Å². The Morgan fingerprint density at radius 1 is 0.950 bits per heavy atom. The summed E-state index contributed by atoms with van der Waals surface area (Å²) >= 11 is 0. The number of benzene rings is 2. The maximum Gasteiger partial charge on any atom is 0.254 e. The number of hydrogen-bond donors (Lipinski definition) is 1. The van der Waals surface area contributed by atoms with Gasteiger partial charge in [0.25, 0.3) is 5.91 Å². The van der Waals surface area contributed by atoms with Crippen LogP contribution in [-0.2, 0) is 9.53 Å². The molecule has 0 aliphatic rings. The monoisotopic (exact) mass is 269 g/mol. The minimum atomic E-state index is -0.581. The summed E-state index contributed by atoms with van der Waals surface area (Å²) in [4.78, 5) is 12.3. The van der Waals surface area contributed by atoms with Crippen molar-refractivity contribution in [3.05, 3.63) is 71.8 Å². The Bertz CT molecular complexity index is 539. The van der Waals surface area contributed by atoms with E-state index in [1.54, 1.807) is 7.11 Å². The predicted molar refractivity (Wildman–Crippen MR) is 79.2 cm³/mol. The Morgan fingerprint density at radius 2 is 1.45 bits per heavy atom. The van der Waals surface area contributed by atoms with Crippen LogP contribution in [0.15, 0.2) is 60.7 Å². The molecule has 0 saturated heterocycles. The first-order chi connectivity index (χ1) is 9.72. The summed E-state index contributed by atoms with van der Waals surface area (Å²) < 4.78 is 5.32. The molecule has 20 heavy (non-hydrogen) atoms. The molecule has 2 atom stereocenters. The van der Waals surface area contributed by atoms with Crippen molar-refractivity contribution in [1.82, 2.24) is 5.32 Å². The zero-order chi connectivity index (χ0) is 14.4. The number of rotatable bonds is 5. The first-order valence-electron chi connectivity index (χ1n) is 6.65. The molecule has 1 amide bonds. The van der Waals surface area contributed by atoms with E-state index in [9.17, 15) is 4.79 Å². The van der Waals surface area contributed by atoms with E-state index in [-0.39, 0.29) is 11.9 Å². The number of methoxy groups -OCH3 is 1. The van der Waals surface area contributed by atoms with Crippen molar-refractivity contribution >= 4 is 5.91 Å². The lowest BCUT2D eigenvalue weighted by molar-refractivity contribution is -0.132. The maximum absolute atomic E-state index is 12.3. The van der Waals surface area contributed by atoms with E-state index in [4.69, 9.17) is 4.74 Å². The van der Waals surface area contributed by atoms with Crippen LogP contribution in [0.4, 0.5) is 0 Å². The van der Waals surface area contributed by atoms with E-state index in [2.05, 4.69) is 5.32 Å². The van der Waals surface area contributed by atoms with E-state index < -0.39 is 6.10 Å². The Kier molecular flexibility index (Phi) is 4.91. The highest BCUT2D eigenvalue weighted by Gasteiger charge is 2.21. The molecule has 0 bridgehead atoms. The molecule has 2 aromatic rings. The van der Waals surface area contributed by atoms with Crippen molar-refractivity contribution in [3.63, 3.8) is 0 Å². The molecule has 2 aromatic carbocycles. The van der Waals surface area contributed by atoms with Gasteiger partial charge in [0.2, 0.25) is 0 Å². The van der Waals surface area contributed by atoms with Crippen molar-refractivity contribution in [2.24, 2.45) is 0 Å². The van der Waals surface area contributed by atoms with Crippen LogP contribution in [0.5, 0.6) is 0 Å². The molecule has 0 unspecified atom stereocenters. The molecule has 0 spiro atoms. The van der Waals surface area contributed by atoms with E-state index >= 15 is 0 Å². The number of carbonyl (C=O) groups excluding carboxylic acids is 1. The minimum absolute atomic E-state index is 0.0509. The molecule has 0 aromatic heterocycles. The highest BCUT2D eigenvalue weighted by molar-refractivity contribution is 5.82. The predicted octanol–water partition coefficient (Wildman–Crippen LogP) is 3.25. The first kappa shape index (κ1) is 14.3. The average Bonchev–Trinajstić information content (AvgIpc) is 2.50. The van der Waals surface area contributed by atoms with Crippen molar-refractivity contribution in [2.45, 2.75) is 19.1 Å². The van der Waals surface area contributed by atoms with Gasteiger partial charge < -0.3 is 10.1 Å². The molecule has 3 heteroatoms. The fraction of sp³-hybridized carbons (Fsp3) is 0.235. The molecule has 0 aliphatic heterocycles. The van der Waals surface area contributed by atoms with Crippen LogP contribution in [0.1, 0.15) is 30.2 Å². The molecule has 1 N–H and O–H groups in total. The van der Waals surface area contributed by atoms with E-state index in [0.717, 1.165) is 11.1 Å². The highest BCUT2D eigenvalue weighted by atomic mass is 16.5. The molecular weight excluding hydrogens is 250 g/mol. The van der Waals surface area contributed by atoms with Crippen molar-refractivity contribution in [2.75, 3.05) is 7.11 Å². The van der Waals surface area contributed by atoms with Crippen LogP contribution in [0.2, 0.25) is 0 Å². The number of hydrogen-bond acceptors (Lipinski definition) is 2. The summed E-state index contributed by atoms with van der Waals surface area (Å²) in [5.74, 6) is -0.130. The fourth-order valence-electron chi connectivity index (χ4n) is 2.14. The van der Waals surface area contributed by atoms with Crippen LogP contribution in [0.3, 0.4) is 0 Å². The standard InChI is InChI=1S/C17H19NO2/c1-13(14-9-5-3-6-10-14)18-17(19)16(20-2)15-11-7-4-8-12-15/h3-13,16H,1-2H3,(H,18,19)/t13-,16-/m1/s1. The Hall–Kier alpha value is -2.13. The molecule has 0 fully saturated rings. The third-order valence-corrected chi connectivity index (χ3v) is 3.23. The normalized spacial score (nSPS) is 13.5. The second-order valence-electron chi connectivity index (χ2n) is 4.67. The zero-order valence-corrected chi connectivity index (χ0v) is 11.7.